The van der Waals surface area contributed by atoms with Gasteiger partial charge in [0.05, 0.1) is 7.11 Å². The summed E-state index contributed by atoms with van der Waals surface area (Å²) in [6, 6.07) is 0. The molecule has 0 aliphatic carbocycles. The summed E-state index contributed by atoms with van der Waals surface area (Å²) >= 11 is 0. The number of hydrogen-bond acceptors (Lipinski definition) is 3. The normalized spacial score (nSPS) is 9.77. The predicted octanol–water partition coefficient (Wildman–Crippen LogP) is 1.20. The molecule has 0 aromatic carbocycles. The zero-order chi connectivity index (χ0) is 10.1. The quantitative estimate of drug-likeness (QED) is 0.681. The van der Waals surface area contributed by atoms with E-state index < -0.39 is 0 Å². The topological polar surface area (TPSA) is 55.6 Å². The fourth-order valence-corrected chi connectivity index (χ4v) is 1.05. The molecule has 0 rings (SSSR count). The fraction of sp³-hybridized carbons (Fsp3) is 0.889. The number of ether oxygens (including phenoxy) is 1. The van der Waals surface area contributed by atoms with Crippen LogP contribution in [0.15, 0.2) is 0 Å². The molecule has 0 aromatic rings. The Bertz CT molecular complexity index is 132. The Labute approximate surface area is 80.0 Å². The van der Waals surface area contributed by atoms with E-state index in [1.165, 1.54) is 7.11 Å². The van der Waals surface area contributed by atoms with Gasteiger partial charge < -0.3 is 15.4 Å². The Morgan fingerprint density at radius 3 is 2.46 bits per heavy atom. The summed E-state index contributed by atoms with van der Waals surface area (Å²) in [4.78, 5) is 12.9. The molecular formula is C9H20N2O2. The van der Waals surface area contributed by atoms with Crippen molar-refractivity contribution >= 4 is 6.09 Å². The van der Waals surface area contributed by atoms with Gasteiger partial charge in [0.15, 0.2) is 0 Å². The van der Waals surface area contributed by atoms with E-state index >= 15 is 0 Å². The maximum Gasteiger partial charge on any atom is 0.409 e. The highest BCUT2D eigenvalue weighted by Crippen LogP contribution is 1.98. The zero-order valence-electron chi connectivity index (χ0n) is 8.58. The summed E-state index contributed by atoms with van der Waals surface area (Å²) in [5.74, 6) is 0. The highest BCUT2D eigenvalue weighted by Gasteiger charge is 2.11. The molecule has 78 valence electrons. The van der Waals surface area contributed by atoms with Crippen molar-refractivity contribution in [2.45, 2.75) is 26.2 Å². The molecule has 0 saturated carbocycles. The van der Waals surface area contributed by atoms with E-state index in [2.05, 4.69) is 11.7 Å². The number of nitrogens with zero attached hydrogens (tertiary/aromatic N) is 1. The van der Waals surface area contributed by atoms with E-state index in [9.17, 15) is 4.79 Å². The second-order valence-corrected chi connectivity index (χ2v) is 2.95. The third-order valence-electron chi connectivity index (χ3n) is 1.85. The molecule has 0 atom stereocenters. The van der Waals surface area contributed by atoms with Gasteiger partial charge in [-0.1, -0.05) is 13.3 Å². The SMILES string of the molecule is CCCCN(CCCN)C(=O)OC. The molecule has 4 heteroatoms. The van der Waals surface area contributed by atoms with Crippen LogP contribution in [0.2, 0.25) is 0 Å². The second kappa shape index (κ2) is 7.86. The van der Waals surface area contributed by atoms with Gasteiger partial charge in [-0.25, -0.2) is 4.79 Å². The Kier molecular flexibility index (Phi) is 7.39. The number of carbonyl (C=O) groups is 1. The number of hydrogen-bond donors (Lipinski definition) is 1. The molecule has 0 fully saturated rings. The predicted molar refractivity (Wildman–Crippen MR) is 52.6 cm³/mol. The number of unbranched alkanes of at least 4 members (excludes halogenated alkanes) is 1. The number of amides is 1. The number of nitrogens with two attached hydrogens (primary N) is 1. The van der Waals surface area contributed by atoms with Crippen LogP contribution < -0.4 is 5.73 Å². The minimum absolute atomic E-state index is 0.248. The van der Waals surface area contributed by atoms with Crippen LogP contribution in [0.5, 0.6) is 0 Å². The van der Waals surface area contributed by atoms with Crippen LogP contribution >= 0.6 is 0 Å². The van der Waals surface area contributed by atoms with Crippen LogP contribution in [0, 0.1) is 0 Å². The lowest BCUT2D eigenvalue weighted by molar-refractivity contribution is 0.122. The van der Waals surface area contributed by atoms with Crippen molar-refractivity contribution in [1.82, 2.24) is 4.90 Å². The smallest absolute Gasteiger partial charge is 0.409 e. The number of rotatable bonds is 6. The summed E-state index contributed by atoms with van der Waals surface area (Å²) in [6.07, 6.45) is 2.68. The van der Waals surface area contributed by atoms with Crippen molar-refractivity contribution in [3.8, 4) is 0 Å². The van der Waals surface area contributed by atoms with Gasteiger partial charge >= 0.3 is 6.09 Å². The molecule has 13 heavy (non-hydrogen) atoms. The third kappa shape index (κ3) is 5.47. The van der Waals surface area contributed by atoms with E-state index in [0.717, 1.165) is 25.8 Å². The maximum absolute atomic E-state index is 11.2. The van der Waals surface area contributed by atoms with Gasteiger partial charge in [0.1, 0.15) is 0 Å². The van der Waals surface area contributed by atoms with E-state index in [1.54, 1.807) is 4.90 Å². The minimum Gasteiger partial charge on any atom is -0.453 e. The summed E-state index contributed by atoms with van der Waals surface area (Å²) in [6.45, 7) is 4.17. The Hall–Kier alpha value is -0.770. The number of methoxy groups -OCH3 is 1. The number of carbonyl (C=O) groups excluding carboxylic acids is 1. The summed E-state index contributed by atoms with van der Waals surface area (Å²) in [7, 11) is 1.41. The van der Waals surface area contributed by atoms with Crippen molar-refractivity contribution in [3.05, 3.63) is 0 Å². The van der Waals surface area contributed by atoms with Crippen LogP contribution in [-0.4, -0.2) is 37.7 Å². The summed E-state index contributed by atoms with van der Waals surface area (Å²) < 4.78 is 4.65. The molecule has 0 bridgehead atoms. The van der Waals surface area contributed by atoms with E-state index in [0.29, 0.717) is 13.1 Å². The molecule has 0 aromatic heterocycles. The lowest BCUT2D eigenvalue weighted by atomic mass is 10.3. The summed E-state index contributed by atoms with van der Waals surface area (Å²) in [5.41, 5.74) is 5.37. The van der Waals surface area contributed by atoms with Crippen LogP contribution in [0.25, 0.3) is 0 Å². The van der Waals surface area contributed by atoms with E-state index in [-0.39, 0.29) is 6.09 Å². The Balaban J connectivity index is 3.79. The van der Waals surface area contributed by atoms with Gasteiger partial charge in [-0.2, -0.15) is 0 Å². The first-order valence-corrected chi connectivity index (χ1v) is 4.79. The minimum atomic E-state index is -0.248. The molecular weight excluding hydrogens is 168 g/mol. The first-order valence-electron chi connectivity index (χ1n) is 4.79. The van der Waals surface area contributed by atoms with Crippen LogP contribution in [0.4, 0.5) is 4.79 Å². The zero-order valence-corrected chi connectivity index (χ0v) is 8.58. The van der Waals surface area contributed by atoms with Gasteiger partial charge in [0.2, 0.25) is 0 Å². The highest BCUT2D eigenvalue weighted by atomic mass is 16.5. The fourth-order valence-electron chi connectivity index (χ4n) is 1.05. The van der Waals surface area contributed by atoms with Crippen LogP contribution in [-0.2, 0) is 4.74 Å². The molecule has 0 spiro atoms. The van der Waals surface area contributed by atoms with Crippen LogP contribution in [0.3, 0.4) is 0 Å². The monoisotopic (exact) mass is 188 g/mol. The molecule has 0 unspecified atom stereocenters. The standard InChI is InChI=1S/C9H20N2O2/c1-3-4-7-11(8-5-6-10)9(12)13-2/h3-8,10H2,1-2H3. The molecule has 1 amide bonds. The summed E-state index contributed by atoms with van der Waals surface area (Å²) in [5, 5.41) is 0. The van der Waals surface area contributed by atoms with Gasteiger partial charge in [-0.05, 0) is 19.4 Å². The molecule has 0 aliphatic rings. The largest absolute Gasteiger partial charge is 0.453 e. The van der Waals surface area contributed by atoms with Crippen molar-refractivity contribution in [1.29, 1.82) is 0 Å². The first kappa shape index (κ1) is 12.2. The van der Waals surface area contributed by atoms with Crippen molar-refractivity contribution in [2.75, 3.05) is 26.7 Å². The lowest BCUT2D eigenvalue weighted by Gasteiger charge is -2.20. The van der Waals surface area contributed by atoms with Crippen molar-refractivity contribution in [3.63, 3.8) is 0 Å². The van der Waals surface area contributed by atoms with Gasteiger partial charge in [-0.15, -0.1) is 0 Å². The van der Waals surface area contributed by atoms with Crippen molar-refractivity contribution < 1.29 is 9.53 Å². The van der Waals surface area contributed by atoms with Crippen molar-refractivity contribution in [2.24, 2.45) is 5.73 Å². The van der Waals surface area contributed by atoms with E-state index in [1.807, 2.05) is 0 Å². The average molecular weight is 188 g/mol. The average Bonchev–Trinajstić information content (AvgIpc) is 2.17. The lowest BCUT2D eigenvalue weighted by Crippen LogP contribution is -2.33. The molecule has 0 heterocycles. The molecule has 0 radical (unpaired) electrons. The molecule has 2 N–H and O–H groups in total. The van der Waals surface area contributed by atoms with Gasteiger partial charge in [-0.3, -0.25) is 0 Å². The molecule has 0 saturated heterocycles. The van der Waals surface area contributed by atoms with Crippen LogP contribution in [0.1, 0.15) is 26.2 Å². The van der Waals surface area contributed by atoms with Gasteiger partial charge in [0.25, 0.3) is 0 Å². The van der Waals surface area contributed by atoms with E-state index in [4.69, 9.17) is 5.73 Å². The second-order valence-electron chi connectivity index (χ2n) is 2.95. The van der Waals surface area contributed by atoms with Gasteiger partial charge in [0, 0.05) is 13.1 Å². The highest BCUT2D eigenvalue weighted by molar-refractivity contribution is 5.67. The first-order chi connectivity index (χ1) is 6.26. The maximum atomic E-state index is 11.2. The Morgan fingerprint density at radius 2 is 2.00 bits per heavy atom. The molecule has 4 nitrogen and oxygen atoms in total. The third-order valence-corrected chi connectivity index (χ3v) is 1.85. The molecule has 0 aliphatic heterocycles. The Morgan fingerprint density at radius 1 is 1.38 bits per heavy atom.